The molecule has 0 radical (unpaired) electrons. The predicted octanol–water partition coefficient (Wildman–Crippen LogP) is 3.27. The number of hydrogen-bond acceptors (Lipinski definition) is 4. The van der Waals surface area contributed by atoms with Crippen LogP contribution >= 0.6 is 0 Å². The van der Waals surface area contributed by atoms with Crippen LogP contribution in [-0.2, 0) is 11.3 Å². The Hall–Kier alpha value is -3.15. The van der Waals surface area contributed by atoms with Crippen LogP contribution in [0.5, 0.6) is 0 Å². The molecule has 0 spiro atoms. The maximum absolute atomic E-state index is 12.5. The first-order chi connectivity index (χ1) is 13.6. The lowest BCUT2D eigenvalue weighted by molar-refractivity contribution is -0.116. The van der Waals surface area contributed by atoms with Crippen molar-refractivity contribution in [2.24, 2.45) is 5.92 Å². The summed E-state index contributed by atoms with van der Waals surface area (Å²) in [6.45, 7) is 4.51. The SMILES string of the molecule is CC1CCN(c2ccc(NC(=O)Cn3ncc(=O)c4ccccc43)cc2)CC1. The predicted molar refractivity (Wildman–Crippen MR) is 112 cm³/mol. The lowest BCUT2D eigenvalue weighted by Crippen LogP contribution is -2.32. The molecule has 6 nitrogen and oxygen atoms in total. The number of nitrogens with one attached hydrogen (secondary N) is 1. The molecule has 0 saturated carbocycles. The first-order valence-electron chi connectivity index (χ1n) is 9.70. The van der Waals surface area contributed by atoms with Gasteiger partial charge in [0, 0.05) is 29.9 Å². The second-order valence-corrected chi connectivity index (χ2v) is 7.45. The van der Waals surface area contributed by atoms with Gasteiger partial charge in [0.2, 0.25) is 11.3 Å². The highest BCUT2D eigenvalue weighted by molar-refractivity contribution is 5.91. The monoisotopic (exact) mass is 376 g/mol. The Labute approximate surface area is 163 Å². The fourth-order valence-corrected chi connectivity index (χ4v) is 3.65. The number of benzene rings is 2. The average molecular weight is 376 g/mol. The van der Waals surface area contributed by atoms with E-state index in [1.807, 2.05) is 18.2 Å². The highest BCUT2D eigenvalue weighted by Crippen LogP contribution is 2.24. The van der Waals surface area contributed by atoms with E-state index in [2.05, 4.69) is 34.4 Å². The zero-order chi connectivity index (χ0) is 19.5. The number of carbonyl (C=O) groups excluding carboxylic acids is 1. The number of para-hydroxylation sites is 1. The van der Waals surface area contributed by atoms with Crippen LogP contribution in [0.4, 0.5) is 11.4 Å². The topological polar surface area (TPSA) is 67.2 Å². The van der Waals surface area contributed by atoms with Gasteiger partial charge in [-0.2, -0.15) is 5.10 Å². The first-order valence-corrected chi connectivity index (χ1v) is 9.70. The fourth-order valence-electron chi connectivity index (χ4n) is 3.65. The lowest BCUT2D eigenvalue weighted by atomic mass is 9.99. The minimum atomic E-state index is -0.180. The molecule has 1 N–H and O–H groups in total. The number of anilines is 2. The molecular weight excluding hydrogens is 352 g/mol. The van der Waals surface area contributed by atoms with Crippen molar-refractivity contribution in [2.45, 2.75) is 26.3 Å². The highest BCUT2D eigenvalue weighted by atomic mass is 16.2. The molecule has 1 amide bonds. The number of hydrogen-bond donors (Lipinski definition) is 1. The van der Waals surface area contributed by atoms with Crippen molar-refractivity contribution in [3.05, 3.63) is 65.0 Å². The van der Waals surface area contributed by atoms with Crippen LogP contribution in [0.3, 0.4) is 0 Å². The van der Waals surface area contributed by atoms with Gasteiger partial charge in [-0.15, -0.1) is 0 Å². The number of carbonyl (C=O) groups is 1. The van der Waals surface area contributed by atoms with Gasteiger partial charge in [-0.3, -0.25) is 14.3 Å². The summed E-state index contributed by atoms with van der Waals surface area (Å²) < 4.78 is 1.55. The fraction of sp³-hybridized carbons (Fsp3) is 0.318. The van der Waals surface area contributed by atoms with Crippen molar-refractivity contribution in [1.29, 1.82) is 0 Å². The van der Waals surface area contributed by atoms with E-state index in [1.165, 1.54) is 24.7 Å². The van der Waals surface area contributed by atoms with E-state index in [4.69, 9.17) is 0 Å². The Bertz CT molecular complexity index is 1030. The molecule has 3 aromatic rings. The molecule has 2 heterocycles. The zero-order valence-corrected chi connectivity index (χ0v) is 16.0. The van der Waals surface area contributed by atoms with Crippen molar-refractivity contribution < 1.29 is 4.79 Å². The Balaban J connectivity index is 1.43. The Morgan fingerprint density at radius 1 is 1.11 bits per heavy atom. The zero-order valence-electron chi connectivity index (χ0n) is 16.0. The molecule has 144 valence electrons. The van der Waals surface area contributed by atoms with E-state index in [9.17, 15) is 9.59 Å². The molecule has 1 aliphatic rings. The van der Waals surface area contributed by atoms with E-state index < -0.39 is 0 Å². The molecule has 0 atom stereocenters. The van der Waals surface area contributed by atoms with E-state index in [1.54, 1.807) is 22.9 Å². The Kier molecular flexibility index (Phi) is 5.10. The molecule has 6 heteroatoms. The summed E-state index contributed by atoms with van der Waals surface area (Å²) in [7, 11) is 0. The van der Waals surface area contributed by atoms with E-state index >= 15 is 0 Å². The van der Waals surface area contributed by atoms with Crippen molar-refractivity contribution in [1.82, 2.24) is 9.78 Å². The molecule has 0 aliphatic carbocycles. The largest absolute Gasteiger partial charge is 0.372 e. The summed E-state index contributed by atoms with van der Waals surface area (Å²) in [6, 6.07) is 15.2. The van der Waals surface area contributed by atoms with Crippen LogP contribution in [0.1, 0.15) is 19.8 Å². The molecular formula is C22H24N4O2. The first kappa shape index (κ1) is 18.2. The minimum Gasteiger partial charge on any atom is -0.372 e. The lowest BCUT2D eigenvalue weighted by Gasteiger charge is -2.32. The normalized spacial score (nSPS) is 15.0. The maximum Gasteiger partial charge on any atom is 0.246 e. The highest BCUT2D eigenvalue weighted by Gasteiger charge is 2.16. The molecule has 0 bridgehead atoms. The average Bonchev–Trinajstić information content (AvgIpc) is 2.72. The maximum atomic E-state index is 12.5. The minimum absolute atomic E-state index is 0.0482. The van der Waals surface area contributed by atoms with Crippen LogP contribution in [-0.4, -0.2) is 28.8 Å². The van der Waals surface area contributed by atoms with Gasteiger partial charge in [-0.1, -0.05) is 19.1 Å². The summed E-state index contributed by atoms with van der Waals surface area (Å²) in [4.78, 5) is 26.8. The van der Waals surface area contributed by atoms with Gasteiger partial charge in [0.05, 0.1) is 11.7 Å². The third-order valence-corrected chi connectivity index (χ3v) is 5.36. The summed E-state index contributed by atoms with van der Waals surface area (Å²) >= 11 is 0. The van der Waals surface area contributed by atoms with Gasteiger partial charge in [-0.25, -0.2) is 0 Å². The van der Waals surface area contributed by atoms with Crippen molar-refractivity contribution in [2.75, 3.05) is 23.3 Å². The van der Waals surface area contributed by atoms with Crippen LogP contribution < -0.4 is 15.6 Å². The molecule has 1 aliphatic heterocycles. The van der Waals surface area contributed by atoms with E-state index in [0.717, 1.165) is 24.7 Å². The van der Waals surface area contributed by atoms with Gasteiger partial charge in [0.15, 0.2) is 0 Å². The van der Waals surface area contributed by atoms with Crippen LogP contribution in [0.15, 0.2) is 59.5 Å². The molecule has 28 heavy (non-hydrogen) atoms. The number of fused-ring (bicyclic) bond motifs is 1. The van der Waals surface area contributed by atoms with Crippen LogP contribution in [0.2, 0.25) is 0 Å². The van der Waals surface area contributed by atoms with E-state index in [-0.39, 0.29) is 17.9 Å². The Morgan fingerprint density at radius 2 is 1.82 bits per heavy atom. The number of nitrogens with zero attached hydrogens (tertiary/aromatic N) is 3. The van der Waals surface area contributed by atoms with Gasteiger partial charge < -0.3 is 10.2 Å². The molecule has 1 saturated heterocycles. The second kappa shape index (κ2) is 7.84. The summed E-state index contributed by atoms with van der Waals surface area (Å²) in [6.07, 6.45) is 3.70. The van der Waals surface area contributed by atoms with Crippen molar-refractivity contribution in [3.63, 3.8) is 0 Å². The molecule has 0 unspecified atom stereocenters. The summed E-state index contributed by atoms with van der Waals surface area (Å²) in [5, 5.41) is 7.58. The van der Waals surface area contributed by atoms with Crippen LogP contribution in [0, 0.1) is 5.92 Å². The van der Waals surface area contributed by atoms with Gasteiger partial charge in [0.1, 0.15) is 6.54 Å². The number of amides is 1. The standard InChI is InChI=1S/C22H24N4O2/c1-16-10-12-25(13-11-16)18-8-6-17(7-9-18)24-22(28)15-26-20-5-3-2-4-19(20)21(27)14-23-26/h2-9,14,16H,10-13,15H2,1H3,(H,24,28). The summed E-state index contributed by atoms with van der Waals surface area (Å²) in [5.74, 6) is 0.619. The molecule has 1 aromatic heterocycles. The number of piperidine rings is 1. The molecule has 1 fully saturated rings. The quantitative estimate of drug-likeness (QED) is 0.759. The second-order valence-electron chi connectivity index (χ2n) is 7.45. The number of aromatic nitrogens is 2. The van der Waals surface area contributed by atoms with Gasteiger partial charge >= 0.3 is 0 Å². The molecule has 4 rings (SSSR count). The molecule has 2 aromatic carbocycles. The van der Waals surface area contributed by atoms with Gasteiger partial charge in [-0.05, 0) is 55.2 Å². The third-order valence-electron chi connectivity index (χ3n) is 5.36. The van der Waals surface area contributed by atoms with Crippen molar-refractivity contribution in [3.8, 4) is 0 Å². The van der Waals surface area contributed by atoms with E-state index in [0.29, 0.717) is 10.9 Å². The summed E-state index contributed by atoms with van der Waals surface area (Å²) in [5.41, 5.74) is 2.46. The van der Waals surface area contributed by atoms with Gasteiger partial charge in [0.25, 0.3) is 0 Å². The third kappa shape index (κ3) is 3.91. The van der Waals surface area contributed by atoms with Crippen LogP contribution in [0.25, 0.3) is 10.9 Å². The number of rotatable bonds is 4. The smallest absolute Gasteiger partial charge is 0.246 e. The Morgan fingerprint density at radius 3 is 2.57 bits per heavy atom. The van der Waals surface area contributed by atoms with Crippen molar-refractivity contribution >= 4 is 28.2 Å².